The molecule has 2 aromatic rings. The fraction of sp³-hybridized carbons (Fsp3) is 0.444. The van der Waals surface area contributed by atoms with Gasteiger partial charge in [0, 0.05) is 43.6 Å². The minimum absolute atomic E-state index is 0.0371. The third-order valence-corrected chi connectivity index (χ3v) is 3.85. The van der Waals surface area contributed by atoms with Gasteiger partial charge in [0.1, 0.15) is 5.82 Å². The Balaban J connectivity index is 1.65. The summed E-state index contributed by atoms with van der Waals surface area (Å²) < 4.78 is 0. The van der Waals surface area contributed by atoms with Crippen molar-refractivity contribution in [2.75, 3.05) is 41.3 Å². The molecule has 0 saturated carbocycles. The van der Waals surface area contributed by atoms with Crippen LogP contribution in [0.15, 0.2) is 42.6 Å². The van der Waals surface area contributed by atoms with E-state index < -0.39 is 0 Å². The number of rotatable bonds is 3. The van der Waals surface area contributed by atoms with Gasteiger partial charge in [-0.2, -0.15) is 4.98 Å². The standard InChI is InChI=1S/C18H25N5/c1-18(2,3)21-17-19-10-9-16(20-17)23-13-11-22(12-14-23)15-7-5-4-6-8-15/h4-10H,11-14H2,1-3H3,(H,19,20,21). The van der Waals surface area contributed by atoms with E-state index >= 15 is 0 Å². The molecule has 122 valence electrons. The minimum Gasteiger partial charge on any atom is -0.368 e. The fourth-order valence-corrected chi connectivity index (χ4v) is 2.75. The highest BCUT2D eigenvalue weighted by molar-refractivity contribution is 5.50. The van der Waals surface area contributed by atoms with E-state index in [0.717, 1.165) is 32.0 Å². The maximum atomic E-state index is 4.66. The second-order valence-electron chi connectivity index (χ2n) is 6.92. The highest BCUT2D eigenvalue weighted by Gasteiger charge is 2.19. The Bertz CT molecular complexity index is 627. The Morgan fingerprint density at radius 3 is 2.22 bits per heavy atom. The van der Waals surface area contributed by atoms with E-state index in [0.29, 0.717) is 5.95 Å². The molecular formula is C18H25N5. The van der Waals surface area contributed by atoms with Gasteiger partial charge >= 0.3 is 0 Å². The molecule has 5 heteroatoms. The van der Waals surface area contributed by atoms with Crippen LogP contribution in [0, 0.1) is 0 Å². The summed E-state index contributed by atoms with van der Waals surface area (Å²) in [7, 11) is 0. The van der Waals surface area contributed by atoms with Crippen molar-refractivity contribution in [2.45, 2.75) is 26.3 Å². The summed E-state index contributed by atoms with van der Waals surface area (Å²) >= 11 is 0. The maximum absolute atomic E-state index is 4.66. The van der Waals surface area contributed by atoms with Crippen molar-refractivity contribution in [3.05, 3.63) is 42.6 Å². The van der Waals surface area contributed by atoms with Gasteiger partial charge in [0.2, 0.25) is 5.95 Å². The molecule has 0 atom stereocenters. The van der Waals surface area contributed by atoms with Crippen molar-refractivity contribution < 1.29 is 0 Å². The fourth-order valence-electron chi connectivity index (χ4n) is 2.75. The number of nitrogens with zero attached hydrogens (tertiary/aromatic N) is 4. The Kier molecular flexibility index (Phi) is 4.37. The highest BCUT2D eigenvalue weighted by Crippen LogP contribution is 2.20. The van der Waals surface area contributed by atoms with Gasteiger partial charge in [0.25, 0.3) is 0 Å². The molecule has 2 heterocycles. The van der Waals surface area contributed by atoms with Crippen molar-refractivity contribution >= 4 is 17.5 Å². The molecule has 23 heavy (non-hydrogen) atoms. The summed E-state index contributed by atoms with van der Waals surface area (Å²) in [4.78, 5) is 13.7. The number of piperazine rings is 1. The second-order valence-corrected chi connectivity index (χ2v) is 6.92. The van der Waals surface area contributed by atoms with Gasteiger partial charge in [-0.1, -0.05) is 18.2 Å². The van der Waals surface area contributed by atoms with Gasteiger partial charge in [0.05, 0.1) is 0 Å². The van der Waals surface area contributed by atoms with E-state index in [1.54, 1.807) is 0 Å². The first-order valence-corrected chi connectivity index (χ1v) is 8.17. The van der Waals surface area contributed by atoms with E-state index in [9.17, 15) is 0 Å². The van der Waals surface area contributed by atoms with E-state index in [4.69, 9.17) is 0 Å². The Morgan fingerprint density at radius 2 is 1.57 bits per heavy atom. The van der Waals surface area contributed by atoms with Crippen LogP contribution in [-0.2, 0) is 0 Å². The average Bonchev–Trinajstić information content (AvgIpc) is 2.55. The zero-order valence-electron chi connectivity index (χ0n) is 14.2. The number of hydrogen-bond donors (Lipinski definition) is 1. The van der Waals surface area contributed by atoms with Gasteiger partial charge in [-0.3, -0.25) is 0 Å². The molecule has 0 aliphatic carbocycles. The number of aromatic nitrogens is 2. The third kappa shape index (κ3) is 4.12. The van der Waals surface area contributed by atoms with Crippen molar-refractivity contribution in [2.24, 2.45) is 0 Å². The smallest absolute Gasteiger partial charge is 0.225 e. The first kappa shape index (κ1) is 15.6. The highest BCUT2D eigenvalue weighted by atomic mass is 15.3. The number of nitrogens with one attached hydrogen (secondary N) is 1. The average molecular weight is 311 g/mol. The lowest BCUT2D eigenvalue weighted by molar-refractivity contribution is 0.622. The Morgan fingerprint density at radius 1 is 0.913 bits per heavy atom. The van der Waals surface area contributed by atoms with Crippen molar-refractivity contribution in [3.63, 3.8) is 0 Å². The quantitative estimate of drug-likeness (QED) is 0.944. The predicted molar refractivity (Wildman–Crippen MR) is 96.3 cm³/mol. The molecule has 0 radical (unpaired) electrons. The monoisotopic (exact) mass is 311 g/mol. The van der Waals surface area contributed by atoms with E-state index in [2.05, 4.69) is 76.2 Å². The van der Waals surface area contributed by atoms with Crippen LogP contribution in [0.2, 0.25) is 0 Å². The molecule has 0 amide bonds. The van der Waals surface area contributed by atoms with Crippen LogP contribution >= 0.6 is 0 Å². The van der Waals surface area contributed by atoms with Crippen molar-refractivity contribution in [3.8, 4) is 0 Å². The molecule has 0 bridgehead atoms. The molecule has 1 fully saturated rings. The summed E-state index contributed by atoms with van der Waals surface area (Å²) in [5, 5.41) is 3.34. The van der Waals surface area contributed by atoms with Crippen LogP contribution in [0.25, 0.3) is 0 Å². The van der Waals surface area contributed by atoms with E-state index in [-0.39, 0.29) is 5.54 Å². The molecule has 1 aliphatic heterocycles. The van der Waals surface area contributed by atoms with Gasteiger partial charge in [-0.05, 0) is 39.0 Å². The second kappa shape index (κ2) is 6.44. The number of benzene rings is 1. The van der Waals surface area contributed by atoms with Crippen LogP contribution in [0.5, 0.6) is 0 Å². The zero-order chi connectivity index (χ0) is 16.3. The first-order valence-electron chi connectivity index (χ1n) is 8.17. The molecule has 1 aromatic carbocycles. The number of anilines is 3. The van der Waals surface area contributed by atoms with Crippen LogP contribution in [-0.4, -0.2) is 41.7 Å². The third-order valence-electron chi connectivity index (χ3n) is 3.85. The maximum Gasteiger partial charge on any atom is 0.225 e. The van der Waals surface area contributed by atoms with Crippen molar-refractivity contribution in [1.82, 2.24) is 9.97 Å². The lowest BCUT2D eigenvalue weighted by atomic mass is 10.1. The molecule has 1 aliphatic rings. The Hall–Kier alpha value is -2.30. The molecule has 0 spiro atoms. The predicted octanol–water partition coefficient (Wildman–Crippen LogP) is 3.01. The Labute approximate surface area is 138 Å². The summed E-state index contributed by atoms with van der Waals surface area (Å²) in [6.07, 6.45) is 1.83. The van der Waals surface area contributed by atoms with Gasteiger partial charge in [0.15, 0.2) is 0 Å². The number of hydrogen-bond acceptors (Lipinski definition) is 5. The van der Waals surface area contributed by atoms with E-state index in [1.165, 1.54) is 5.69 Å². The van der Waals surface area contributed by atoms with Gasteiger partial charge in [-0.25, -0.2) is 4.98 Å². The van der Waals surface area contributed by atoms with Crippen LogP contribution in [0.3, 0.4) is 0 Å². The molecule has 1 N–H and O–H groups in total. The minimum atomic E-state index is -0.0371. The van der Waals surface area contributed by atoms with Crippen LogP contribution < -0.4 is 15.1 Å². The van der Waals surface area contributed by atoms with E-state index in [1.807, 2.05) is 12.3 Å². The molecule has 5 nitrogen and oxygen atoms in total. The lowest BCUT2D eigenvalue weighted by Crippen LogP contribution is -2.46. The normalized spacial score (nSPS) is 15.6. The molecule has 3 rings (SSSR count). The molecule has 0 unspecified atom stereocenters. The van der Waals surface area contributed by atoms with Crippen LogP contribution in [0.1, 0.15) is 20.8 Å². The first-order chi connectivity index (χ1) is 11.0. The zero-order valence-corrected chi connectivity index (χ0v) is 14.2. The van der Waals surface area contributed by atoms with Crippen molar-refractivity contribution in [1.29, 1.82) is 0 Å². The number of para-hydroxylation sites is 1. The summed E-state index contributed by atoms with van der Waals surface area (Å²) in [6, 6.07) is 12.6. The largest absolute Gasteiger partial charge is 0.368 e. The lowest BCUT2D eigenvalue weighted by Gasteiger charge is -2.36. The summed E-state index contributed by atoms with van der Waals surface area (Å²) in [6.45, 7) is 10.3. The topological polar surface area (TPSA) is 44.3 Å². The molecular weight excluding hydrogens is 286 g/mol. The van der Waals surface area contributed by atoms with Gasteiger partial charge in [-0.15, -0.1) is 0 Å². The SMILES string of the molecule is CC(C)(C)Nc1nccc(N2CCN(c3ccccc3)CC2)n1. The summed E-state index contributed by atoms with van der Waals surface area (Å²) in [5.41, 5.74) is 1.26. The molecule has 1 aromatic heterocycles. The van der Waals surface area contributed by atoms with Gasteiger partial charge < -0.3 is 15.1 Å². The molecule has 1 saturated heterocycles. The van der Waals surface area contributed by atoms with Crippen LogP contribution in [0.4, 0.5) is 17.5 Å². The summed E-state index contributed by atoms with van der Waals surface area (Å²) in [5.74, 6) is 1.69.